The summed E-state index contributed by atoms with van der Waals surface area (Å²) in [7, 11) is -3.78. The molecule has 0 bridgehead atoms. The third-order valence-corrected chi connectivity index (χ3v) is 4.86. The first-order valence-corrected chi connectivity index (χ1v) is 6.97. The molecule has 1 aliphatic rings. The van der Waals surface area contributed by atoms with Crippen LogP contribution >= 0.6 is 0 Å². The smallest absolute Gasteiger partial charge is 0.322 e. The first-order valence-electron chi connectivity index (χ1n) is 5.53. The van der Waals surface area contributed by atoms with Crippen molar-refractivity contribution in [2.45, 2.75) is 23.8 Å². The highest BCUT2D eigenvalue weighted by molar-refractivity contribution is 7.89. The Bertz CT molecular complexity index is 570. The Balaban J connectivity index is 2.40. The van der Waals surface area contributed by atoms with Gasteiger partial charge in [-0.3, -0.25) is 4.79 Å². The number of carbonyl (C=O) groups is 1. The summed E-state index contributed by atoms with van der Waals surface area (Å²) in [5, 5.41) is 9.02. The molecule has 1 atom stereocenters. The van der Waals surface area contributed by atoms with Crippen molar-refractivity contribution in [2.75, 3.05) is 12.3 Å². The zero-order chi connectivity index (χ0) is 13.3. The van der Waals surface area contributed by atoms with Crippen molar-refractivity contribution in [1.82, 2.24) is 4.31 Å². The summed E-state index contributed by atoms with van der Waals surface area (Å²) in [6, 6.07) is 4.90. The van der Waals surface area contributed by atoms with Gasteiger partial charge in [0.2, 0.25) is 10.0 Å². The maximum atomic E-state index is 12.3. The molecule has 7 heteroatoms. The number of anilines is 1. The average Bonchev–Trinajstić information content (AvgIpc) is 2.78. The van der Waals surface area contributed by atoms with Gasteiger partial charge in [0.15, 0.2) is 0 Å². The molecule has 0 aliphatic carbocycles. The molecule has 0 amide bonds. The highest BCUT2D eigenvalue weighted by atomic mass is 32.2. The number of rotatable bonds is 3. The van der Waals surface area contributed by atoms with E-state index in [9.17, 15) is 13.2 Å². The van der Waals surface area contributed by atoms with Gasteiger partial charge in [0.25, 0.3) is 0 Å². The van der Waals surface area contributed by atoms with Gasteiger partial charge in [-0.15, -0.1) is 0 Å². The molecule has 1 fully saturated rings. The number of nitrogens with two attached hydrogens (primary N) is 1. The largest absolute Gasteiger partial charge is 0.480 e. The van der Waals surface area contributed by atoms with Crippen LogP contribution < -0.4 is 5.73 Å². The van der Waals surface area contributed by atoms with E-state index in [4.69, 9.17) is 10.8 Å². The molecule has 2 rings (SSSR count). The molecule has 1 aromatic rings. The maximum Gasteiger partial charge on any atom is 0.322 e. The molecule has 0 aromatic heterocycles. The zero-order valence-corrected chi connectivity index (χ0v) is 10.4. The summed E-state index contributed by atoms with van der Waals surface area (Å²) in [4.78, 5) is 11.1. The Labute approximate surface area is 105 Å². The van der Waals surface area contributed by atoms with E-state index in [0.29, 0.717) is 18.5 Å². The number of hydrogen-bond acceptors (Lipinski definition) is 4. The second-order valence-electron chi connectivity index (χ2n) is 4.18. The predicted octanol–water partition coefficient (Wildman–Crippen LogP) is 0.506. The summed E-state index contributed by atoms with van der Waals surface area (Å²) in [5.74, 6) is -1.11. The monoisotopic (exact) mass is 270 g/mol. The molecule has 6 nitrogen and oxygen atoms in total. The van der Waals surface area contributed by atoms with Crippen LogP contribution in [-0.2, 0) is 14.8 Å². The Kier molecular flexibility index (Phi) is 3.27. The quantitative estimate of drug-likeness (QED) is 0.779. The van der Waals surface area contributed by atoms with Crippen LogP contribution in [0.1, 0.15) is 12.8 Å². The second kappa shape index (κ2) is 4.58. The van der Waals surface area contributed by atoms with E-state index in [1.54, 1.807) is 6.07 Å². The van der Waals surface area contributed by atoms with Crippen LogP contribution in [0.15, 0.2) is 29.2 Å². The van der Waals surface area contributed by atoms with Crippen molar-refractivity contribution >= 4 is 21.7 Å². The Morgan fingerprint density at radius 2 is 2.17 bits per heavy atom. The minimum atomic E-state index is -3.78. The fourth-order valence-electron chi connectivity index (χ4n) is 2.09. The maximum absolute atomic E-state index is 12.3. The third kappa shape index (κ3) is 2.19. The summed E-state index contributed by atoms with van der Waals surface area (Å²) < 4.78 is 25.6. The van der Waals surface area contributed by atoms with Gasteiger partial charge < -0.3 is 10.8 Å². The van der Waals surface area contributed by atoms with Crippen LogP contribution in [0.5, 0.6) is 0 Å². The number of nitrogens with zero attached hydrogens (tertiary/aromatic N) is 1. The number of carboxylic acids is 1. The Hall–Kier alpha value is -1.60. The van der Waals surface area contributed by atoms with E-state index in [1.165, 1.54) is 18.2 Å². The number of nitrogen functional groups attached to an aromatic ring is 1. The van der Waals surface area contributed by atoms with Crippen LogP contribution in [0, 0.1) is 0 Å². The van der Waals surface area contributed by atoms with Crippen molar-refractivity contribution in [3.8, 4) is 0 Å². The third-order valence-electron chi connectivity index (χ3n) is 2.95. The lowest BCUT2D eigenvalue weighted by Crippen LogP contribution is -2.40. The number of sulfonamides is 1. The van der Waals surface area contributed by atoms with Crippen molar-refractivity contribution in [1.29, 1.82) is 0 Å². The van der Waals surface area contributed by atoms with E-state index >= 15 is 0 Å². The van der Waals surface area contributed by atoms with E-state index in [2.05, 4.69) is 0 Å². The number of aliphatic carboxylic acids is 1. The van der Waals surface area contributed by atoms with E-state index in [1.807, 2.05) is 0 Å². The Morgan fingerprint density at radius 3 is 2.78 bits per heavy atom. The molecule has 1 aliphatic heterocycles. The molecule has 98 valence electrons. The summed E-state index contributed by atoms with van der Waals surface area (Å²) in [6.45, 7) is 0.230. The van der Waals surface area contributed by atoms with Gasteiger partial charge in [0, 0.05) is 12.2 Å². The van der Waals surface area contributed by atoms with Crippen molar-refractivity contribution < 1.29 is 18.3 Å². The van der Waals surface area contributed by atoms with Crippen molar-refractivity contribution in [2.24, 2.45) is 0 Å². The second-order valence-corrected chi connectivity index (χ2v) is 6.08. The van der Waals surface area contributed by atoms with E-state index in [-0.39, 0.29) is 11.4 Å². The summed E-state index contributed by atoms with van der Waals surface area (Å²) in [5.41, 5.74) is 5.88. The molecular formula is C11H14N2O4S. The number of carboxylic acid groups (broad SMARTS) is 1. The van der Waals surface area contributed by atoms with Crippen LogP contribution in [-0.4, -0.2) is 36.4 Å². The molecule has 0 radical (unpaired) electrons. The van der Waals surface area contributed by atoms with Crippen molar-refractivity contribution in [3.05, 3.63) is 24.3 Å². The summed E-state index contributed by atoms with van der Waals surface area (Å²) >= 11 is 0. The van der Waals surface area contributed by atoms with Crippen LogP contribution in [0.2, 0.25) is 0 Å². The Morgan fingerprint density at radius 1 is 1.44 bits per heavy atom. The first-order chi connectivity index (χ1) is 8.43. The minimum Gasteiger partial charge on any atom is -0.480 e. The summed E-state index contributed by atoms with van der Waals surface area (Å²) in [6.07, 6.45) is 0.898. The van der Waals surface area contributed by atoms with Crippen LogP contribution in [0.25, 0.3) is 0 Å². The normalized spacial score (nSPS) is 21.0. The molecule has 1 heterocycles. The highest BCUT2D eigenvalue weighted by Crippen LogP contribution is 2.26. The average molecular weight is 270 g/mol. The lowest BCUT2D eigenvalue weighted by atomic mass is 10.2. The van der Waals surface area contributed by atoms with E-state index < -0.39 is 22.0 Å². The fourth-order valence-corrected chi connectivity index (χ4v) is 3.79. The molecular weight excluding hydrogens is 256 g/mol. The lowest BCUT2D eigenvalue weighted by molar-refractivity contribution is -0.140. The van der Waals surface area contributed by atoms with Crippen LogP contribution in [0.4, 0.5) is 5.69 Å². The van der Waals surface area contributed by atoms with Crippen LogP contribution in [0.3, 0.4) is 0 Å². The van der Waals surface area contributed by atoms with Crippen molar-refractivity contribution in [3.63, 3.8) is 0 Å². The molecule has 0 spiro atoms. The highest BCUT2D eigenvalue weighted by Gasteiger charge is 2.39. The van der Waals surface area contributed by atoms with Gasteiger partial charge >= 0.3 is 5.97 Å². The number of hydrogen-bond donors (Lipinski definition) is 2. The zero-order valence-electron chi connectivity index (χ0n) is 9.61. The van der Waals surface area contributed by atoms with Gasteiger partial charge in [-0.2, -0.15) is 4.31 Å². The fraction of sp³-hybridized carbons (Fsp3) is 0.364. The van der Waals surface area contributed by atoms with Gasteiger partial charge in [0.1, 0.15) is 6.04 Å². The first kappa shape index (κ1) is 12.8. The number of benzene rings is 1. The lowest BCUT2D eigenvalue weighted by Gasteiger charge is -2.21. The van der Waals surface area contributed by atoms with Gasteiger partial charge in [0.05, 0.1) is 4.90 Å². The van der Waals surface area contributed by atoms with Gasteiger partial charge in [-0.25, -0.2) is 8.42 Å². The van der Waals surface area contributed by atoms with Gasteiger partial charge in [-0.05, 0) is 31.0 Å². The van der Waals surface area contributed by atoms with Gasteiger partial charge in [-0.1, -0.05) is 6.07 Å². The van der Waals surface area contributed by atoms with E-state index in [0.717, 1.165) is 4.31 Å². The molecule has 0 saturated carbocycles. The molecule has 3 N–H and O–H groups in total. The molecule has 1 saturated heterocycles. The standard InChI is InChI=1S/C11H14N2O4S/c12-8-3-1-4-9(7-8)18(16,17)13-6-2-5-10(13)11(14)15/h1,3-4,7,10H,2,5-6,12H2,(H,14,15). The molecule has 18 heavy (non-hydrogen) atoms. The molecule has 1 unspecified atom stereocenters. The minimum absolute atomic E-state index is 0.0376. The predicted molar refractivity (Wildman–Crippen MR) is 65.4 cm³/mol. The SMILES string of the molecule is Nc1cccc(S(=O)(=O)N2CCCC2C(=O)O)c1. The molecule has 1 aromatic carbocycles. The topological polar surface area (TPSA) is 101 Å².